The third kappa shape index (κ3) is 4.19. The molecule has 1 amide bonds. The normalized spacial score (nSPS) is 18.7. The van der Waals surface area contributed by atoms with Crippen LogP contribution in [0, 0.1) is 5.92 Å². The number of amides is 1. The molecule has 0 radical (unpaired) electrons. The molecule has 0 aromatic rings. The summed E-state index contributed by atoms with van der Waals surface area (Å²) in [6, 6.07) is 0. The lowest BCUT2D eigenvalue weighted by Crippen LogP contribution is -2.46. The highest BCUT2D eigenvalue weighted by molar-refractivity contribution is 7.80. The van der Waals surface area contributed by atoms with E-state index in [0.717, 1.165) is 12.8 Å². The molecule has 1 unspecified atom stereocenters. The lowest BCUT2D eigenvalue weighted by molar-refractivity contribution is -0.136. The van der Waals surface area contributed by atoms with Crippen LogP contribution in [0.3, 0.4) is 0 Å². The van der Waals surface area contributed by atoms with Gasteiger partial charge in [0.15, 0.2) is 0 Å². The summed E-state index contributed by atoms with van der Waals surface area (Å²) in [6.45, 7) is 3.67. The van der Waals surface area contributed by atoms with Gasteiger partial charge in [-0.05, 0) is 19.3 Å². The molecule has 18 heavy (non-hydrogen) atoms. The third-order valence-corrected chi connectivity index (χ3v) is 3.53. The third-order valence-electron chi connectivity index (χ3n) is 3.25. The second kappa shape index (κ2) is 7.66. The van der Waals surface area contributed by atoms with Gasteiger partial charge in [-0.25, -0.2) is 0 Å². The van der Waals surface area contributed by atoms with Crippen LogP contribution in [-0.2, 0) is 9.53 Å². The van der Waals surface area contributed by atoms with E-state index in [1.54, 1.807) is 0 Å². The van der Waals surface area contributed by atoms with Gasteiger partial charge in [0.1, 0.15) is 0 Å². The topological polar surface area (TPSA) is 75.8 Å². The van der Waals surface area contributed by atoms with Crippen LogP contribution >= 0.6 is 12.2 Å². The first-order valence-electron chi connectivity index (χ1n) is 6.40. The zero-order valence-corrected chi connectivity index (χ0v) is 11.6. The van der Waals surface area contributed by atoms with Crippen molar-refractivity contribution in [2.75, 3.05) is 26.3 Å². The SMILES string of the molecule is CCC(C(=O)N1CCC(OCCO)CC1)C(N)=S. The molecule has 1 fully saturated rings. The summed E-state index contributed by atoms with van der Waals surface area (Å²) in [5, 5.41) is 8.69. The van der Waals surface area contributed by atoms with E-state index in [0.29, 0.717) is 26.1 Å². The van der Waals surface area contributed by atoms with Gasteiger partial charge in [0.2, 0.25) is 5.91 Å². The van der Waals surface area contributed by atoms with Crippen LogP contribution in [0.25, 0.3) is 0 Å². The number of carbonyl (C=O) groups excluding carboxylic acids is 1. The van der Waals surface area contributed by atoms with Crippen LogP contribution < -0.4 is 5.73 Å². The van der Waals surface area contributed by atoms with E-state index in [2.05, 4.69) is 0 Å². The summed E-state index contributed by atoms with van der Waals surface area (Å²) in [6.07, 6.45) is 2.40. The van der Waals surface area contributed by atoms with Gasteiger partial charge in [-0.3, -0.25) is 4.79 Å². The number of thiocarbonyl (C=S) groups is 1. The molecule has 0 aromatic heterocycles. The minimum absolute atomic E-state index is 0.0330. The molecule has 1 rings (SSSR count). The molecule has 0 aromatic carbocycles. The van der Waals surface area contributed by atoms with Crippen molar-refractivity contribution in [2.45, 2.75) is 32.3 Å². The Kier molecular flexibility index (Phi) is 6.52. The monoisotopic (exact) mass is 274 g/mol. The summed E-state index contributed by atoms with van der Waals surface area (Å²) in [4.78, 5) is 14.3. The lowest BCUT2D eigenvalue weighted by atomic mass is 10.0. The minimum atomic E-state index is -0.338. The number of rotatable bonds is 6. The van der Waals surface area contributed by atoms with E-state index in [1.807, 2.05) is 11.8 Å². The van der Waals surface area contributed by atoms with Gasteiger partial charge in [-0.2, -0.15) is 0 Å². The quantitative estimate of drug-likeness (QED) is 0.681. The predicted octanol–water partition coefficient (Wildman–Crippen LogP) is 0.299. The van der Waals surface area contributed by atoms with Gasteiger partial charge in [0, 0.05) is 13.1 Å². The number of nitrogens with two attached hydrogens (primary N) is 1. The maximum Gasteiger partial charge on any atom is 0.232 e. The van der Waals surface area contributed by atoms with Gasteiger partial charge in [-0.15, -0.1) is 0 Å². The van der Waals surface area contributed by atoms with Crippen molar-refractivity contribution in [3.05, 3.63) is 0 Å². The molecule has 0 aliphatic carbocycles. The van der Waals surface area contributed by atoms with E-state index in [-0.39, 0.29) is 29.5 Å². The number of aliphatic hydroxyl groups excluding tert-OH is 1. The number of nitrogens with zero attached hydrogens (tertiary/aromatic N) is 1. The molecule has 5 nitrogen and oxygen atoms in total. The van der Waals surface area contributed by atoms with E-state index < -0.39 is 0 Å². The van der Waals surface area contributed by atoms with Crippen LogP contribution in [0.2, 0.25) is 0 Å². The molecule has 1 aliphatic rings. The molecule has 0 spiro atoms. The first-order chi connectivity index (χ1) is 8.60. The maximum absolute atomic E-state index is 12.2. The summed E-state index contributed by atoms with van der Waals surface area (Å²) in [7, 11) is 0. The highest BCUT2D eigenvalue weighted by atomic mass is 32.1. The Morgan fingerprint density at radius 1 is 1.56 bits per heavy atom. The second-order valence-electron chi connectivity index (χ2n) is 4.48. The largest absolute Gasteiger partial charge is 0.394 e. The smallest absolute Gasteiger partial charge is 0.232 e. The molecule has 3 N–H and O–H groups in total. The molecule has 1 heterocycles. The molecule has 0 saturated carbocycles. The highest BCUT2D eigenvalue weighted by Crippen LogP contribution is 2.17. The Bertz CT molecular complexity index is 291. The molecule has 1 aliphatic heterocycles. The summed E-state index contributed by atoms with van der Waals surface area (Å²) in [5.41, 5.74) is 5.58. The molecular formula is C12H22N2O3S. The number of likely N-dealkylation sites (tertiary alicyclic amines) is 1. The number of hydrogen-bond donors (Lipinski definition) is 2. The van der Waals surface area contributed by atoms with E-state index in [4.69, 9.17) is 27.8 Å². The van der Waals surface area contributed by atoms with Gasteiger partial charge in [0.25, 0.3) is 0 Å². The molecule has 6 heteroatoms. The van der Waals surface area contributed by atoms with E-state index in [1.165, 1.54) is 0 Å². The maximum atomic E-state index is 12.2. The second-order valence-corrected chi connectivity index (χ2v) is 4.95. The lowest BCUT2D eigenvalue weighted by Gasteiger charge is -2.33. The van der Waals surface area contributed by atoms with Crippen LogP contribution in [0.15, 0.2) is 0 Å². The number of hydrogen-bond acceptors (Lipinski definition) is 4. The van der Waals surface area contributed by atoms with Crippen molar-refractivity contribution in [3.63, 3.8) is 0 Å². The van der Waals surface area contributed by atoms with Crippen molar-refractivity contribution in [2.24, 2.45) is 11.7 Å². The molecule has 0 bridgehead atoms. The zero-order chi connectivity index (χ0) is 13.5. The van der Waals surface area contributed by atoms with E-state index >= 15 is 0 Å². The molecule has 104 valence electrons. The van der Waals surface area contributed by atoms with Gasteiger partial charge in [-0.1, -0.05) is 19.1 Å². The van der Waals surface area contributed by atoms with Gasteiger partial charge in [0.05, 0.1) is 30.2 Å². The fraction of sp³-hybridized carbons (Fsp3) is 0.833. The Labute approximate surface area is 113 Å². The van der Waals surface area contributed by atoms with Crippen LogP contribution in [0.5, 0.6) is 0 Å². The Balaban J connectivity index is 2.42. The van der Waals surface area contributed by atoms with Crippen LogP contribution in [0.4, 0.5) is 0 Å². The van der Waals surface area contributed by atoms with Crippen molar-refractivity contribution < 1.29 is 14.6 Å². The standard InChI is InChI=1S/C12H22N2O3S/c1-2-10(11(13)18)12(16)14-5-3-9(4-6-14)17-8-7-15/h9-10,15H,2-8H2,1H3,(H2,13,18). The fourth-order valence-electron chi connectivity index (χ4n) is 2.18. The van der Waals surface area contributed by atoms with Gasteiger partial charge < -0.3 is 20.5 Å². The molecule has 1 saturated heterocycles. The zero-order valence-electron chi connectivity index (χ0n) is 10.8. The summed E-state index contributed by atoms with van der Waals surface area (Å²) < 4.78 is 5.46. The predicted molar refractivity (Wildman–Crippen MR) is 73.2 cm³/mol. The molecule has 1 atom stereocenters. The Morgan fingerprint density at radius 3 is 2.61 bits per heavy atom. The number of ether oxygens (including phenoxy) is 1. The van der Waals surface area contributed by atoms with Crippen molar-refractivity contribution in [3.8, 4) is 0 Å². The summed E-state index contributed by atoms with van der Waals surface area (Å²) >= 11 is 4.92. The summed E-state index contributed by atoms with van der Waals surface area (Å²) in [5.74, 6) is -0.305. The van der Waals surface area contributed by atoms with Crippen molar-refractivity contribution in [1.82, 2.24) is 4.90 Å². The molecular weight excluding hydrogens is 252 g/mol. The van der Waals surface area contributed by atoms with Crippen LogP contribution in [0.1, 0.15) is 26.2 Å². The number of aliphatic hydroxyl groups is 1. The number of piperidine rings is 1. The fourth-order valence-corrected chi connectivity index (χ4v) is 2.45. The number of carbonyl (C=O) groups is 1. The van der Waals surface area contributed by atoms with Crippen molar-refractivity contribution >= 4 is 23.1 Å². The Hall–Kier alpha value is -0.720. The van der Waals surface area contributed by atoms with E-state index in [9.17, 15) is 4.79 Å². The van der Waals surface area contributed by atoms with Gasteiger partial charge >= 0.3 is 0 Å². The first kappa shape index (κ1) is 15.3. The van der Waals surface area contributed by atoms with Crippen LogP contribution in [-0.4, -0.2) is 53.3 Å². The minimum Gasteiger partial charge on any atom is -0.394 e. The average Bonchev–Trinajstić information content (AvgIpc) is 2.37. The average molecular weight is 274 g/mol. The van der Waals surface area contributed by atoms with Crippen molar-refractivity contribution in [1.29, 1.82) is 0 Å². The highest BCUT2D eigenvalue weighted by Gasteiger charge is 2.28. The first-order valence-corrected chi connectivity index (χ1v) is 6.81. The Morgan fingerprint density at radius 2 is 2.17 bits per heavy atom.